The molecule has 0 saturated carbocycles. The maximum atomic E-state index is 12.8. The maximum Gasteiger partial charge on any atom is 0.387 e. The maximum absolute atomic E-state index is 12.8. The minimum absolute atomic E-state index is 0.0857. The van der Waals surface area contributed by atoms with Crippen molar-refractivity contribution in [1.82, 2.24) is 5.32 Å². The van der Waals surface area contributed by atoms with Crippen molar-refractivity contribution in [1.29, 1.82) is 0 Å². The molecule has 0 heterocycles. The number of benzene rings is 1. The summed E-state index contributed by atoms with van der Waals surface area (Å²) in [5.41, 5.74) is 0.902. The number of alkyl halides is 4. The van der Waals surface area contributed by atoms with Crippen molar-refractivity contribution in [3.8, 4) is 5.75 Å². The number of aliphatic hydroxyl groups is 1. The van der Waals surface area contributed by atoms with Gasteiger partial charge in [0.05, 0.1) is 6.54 Å². The zero-order chi connectivity index (χ0) is 15.9. The van der Waals surface area contributed by atoms with Crippen LogP contribution in [0.5, 0.6) is 5.75 Å². The van der Waals surface area contributed by atoms with E-state index in [1.807, 2.05) is 0 Å². The Morgan fingerprint density at radius 2 is 1.86 bits per heavy atom. The van der Waals surface area contributed by atoms with Crippen molar-refractivity contribution in [3.63, 3.8) is 0 Å². The van der Waals surface area contributed by atoms with E-state index in [2.05, 4.69) is 10.1 Å². The van der Waals surface area contributed by atoms with Crippen molar-refractivity contribution in [2.75, 3.05) is 13.2 Å². The summed E-state index contributed by atoms with van der Waals surface area (Å²) in [6.45, 7) is -2.85. The topological polar surface area (TPSA) is 41.5 Å². The number of halogens is 4. The lowest BCUT2D eigenvalue weighted by Gasteiger charge is -2.18. The van der Waals surface area contributed by atoms with Crippen LogP contribution < -0.4 is 10.1 Å². The molecule has 0 radical (unpaired) electrons. The molecular weight excluding hydrogens is 290 g/mol. The highest BCUT2D eigenvalue weighted by Crippen LogP contribution is 2.16. The Hall–Kier alpha value is -1.34. The first kappa shape index (κ1) is 17.7. The highest BCUT2D eigenvalue weighted by atomic mass is 19.3. The molecular formula is C14H19F4NO2. The first-order chi connectivity index (χ1) is 9.82. The third kappa shape index (κ3) is 7.29. The summed E-state index contributed by atoms with van der Waals surface area (Å²) < 4.78 is 53.9. The number of rotatable bonds is 9. The smallest absolute Gasteiger partial charge is 0.387 e. The Labute approximate surface area is 120 Å². The van der Waals surface area contributed by atoms with E-state index in [0.29, 0.717) is 12.8 Å². The van der Waals surface area contributed by atoms with Gasteiger partial charge in [0.1, 0.15) is 12.4 Å². The van der Waals surface area contributed by atoms with Gasteiger partial charge in [0.25, 0.3) is 5.92 Å². The van der Waals surface area contributed by atoms with E-state index >= 15 is 0 Å². The fourth-order valence-corrected chi connectivity index (χ4v) is 1.70. The van der Waals surface area contributed by atoms with Crippen LogP contribution in [0.2, 0.25) is 0 Å². The molecule has 0 spiro atoms. The first-order valence-electron chi connectivity index (χ1n) is 6.58. The molecule has 1 aromatic carbocycles. The number of ether oxygens (including phenoxy) is 1. The summed E-state index contributed by atoms with van der Waals surface area (Å²) in [5, 5.41) is 11.1. The van der Waals surface area contributed by atoms with E-state index in [1.165, 1.54) is 12.1 Å². The number of hydrogen-bond donors (Lipinski definition) is 2. The Morgan fingerprint density at radius 3 is 2.38 bits per heavy atom. The van der Waals surface area contributed by atoms with Crippen molar-refractivity contribution in [3.05, 3.63) is 29.8 Å². The number of aliphatic hydroxyl groups excluding tert-OH is 1. The van der Waals surface area contributed by atoms with Gasteiger partial charge in [-0.1, -0.05) is 12.1 Å². The molecule has 1 rings (SSSR count). The summed E-state index contributed by atoms with van der Waals surface area (Å²) in [6.07, 6.45) is 1.23. The second-order valence-corrected chi connectivity index (χ2v) is 4.86. The zero-order valence-corrected chi connectivity index (χ0v) is 11.7. The standard InChI is InChI=1S/C14H19F4NO2/c1-10(19-8-14(17,18)9-20)2-3-11-4-6-12(7-5-11)21-13(15)16/h4-7,10,13,19-20H,2-3,8-9H2,1H3. The van der Waals surface area contributed by atoms with Crippen LogP contribution in [0.1, 0.15) is 18.9 Å². The van der Waals surface area contributed by atoms with Gasteiger partial charge < -0.3 is 15.2 Å². The molecule has 0 bridgehead atoms. The van der Waals surface area contributed by atoms with E-state index in [4.69, 9.17) is 5.11 Å². The molecule has 0 aliphatic heterocycles. The molecule has 21 heavy (non-hydrogen) atoms. The Bertz CT molecular complexity index is 412. The lowest BCUT2D eigenvalue weighted by Crippen LogP contribution is -2.40. The van der Waals surface area contributed by atoms with Gasteiger partial charge in [-0.2, -0.15) is 8.78 Å². The SMILES string of the molecule is CC(CCc1ccc(OC(F)F)cc1)NCC(F)(F)CO. The van der Waals surface area contributed by atoms with Gasteiger partial charge in [0.15, 0.2) is 0 Å². The van der Waals surface area contributed by atoms with Crippen LogP contribution in [-0.4, -0.2) is 36.8 Å². The molecule has 1 unspecified atom stereocenters. The fourth-order valence-electron chi connectivity index (χ4n) is 1.70. The zero-order valence-electron chi connectivity index (χ0n) is 11.7. The van der Waals surface area contributed by atoms with E-state index < -0.39 is 25.7 Å². The molecule has 0 aromatic heterocycles. The van der Waals surface area contributed by atoms with E-state index in [1.54, 1.807) is 19.1 Å². The highest BCUT2D eigenvalue weighted by Gasteiger charge is 2.27. The molecule has 3 nitrogen and oxygen atoms in total. The molecule has 0 saturated heterocycles. The van der Waals surface area contributed by atoms with Crippen LogP contribution in [0, 0.1) is 0 Å². The molecule has 7 heteroatoms. The number of nitrogens with one attached hydrogen (secondary N) is 1. The van der Waals surface area contributed by atoms with E-state index in [0.717, 1.165) is 5.56 Å². The van der Waals surface area contributed by atoms with E-state index in [-0.39, 0.29) is 11.8 Å². The van der Waals surface area contributed by atoms with Gasteiger partial charge in [-0.15, -0.1) is 0 Å². The minimum atomic E-state index is -3.12. The second-order valence-electron chi connectivity index (χ2n) is 4.86. The summed E-state index contributed by atoms with van der Waals surface area (Å²) in [5.74, 6) is -3.04. The van der Waals surface area contributed by atoms with Gasteiger partial charge in [-0.25, -0.2) is 8.78 Å². The Morgan fingerprint density at radius 1 is 1.24 bits per heavy atom. The summed E-state index contributed by atoms with van der Waals surface area (Å²) in [6, 6.07) is 6.05. The van der Waals surface area contributed by atoms with E-state index in [9.17, 15) is 17.6 Å². The van der Waals surface area contributed by atoms with Gasteiger partial charge in [0, 0.05) is 6.04 Å². The van der Waals surface area contributed by atoms with Crippen LogP contribution in [0.3, 0.4) is 0 Å². The van der Waals surface area contributed by atoms with Gasteiger partial charge in [0.2, 0.25) is 0 Å². The highest BCUT2D eigenvalue weighted by molar-refractivity contribution is 5.27. The summed E-state index contributed by atoms with van der Waals surface area (Å²) >= 11 is 0. The van der Waals surface area contributed by atoms with Gasteiger partial charge in [-0.3, -0.25) is 0 Å². The lowest BCUT2D eigenvalue weighted by atomic mass is 10.1. The lowest BCUT2D eigenvalue weighted by molar-refractivity contribution is -0.0500. The fraction of sp³-hybridized carbons (Fsp3) is 0.571. The second kappa shape index (κ2) is 8.19. The van der Waals surface area contributed by atoms with Crippen molar-refractivity contribution in [2.45, 2.75) is 38.3 Å². The van der Waals surface area contributed by atoms with Gasteiger partial charge in [-0.05, 0) is 37.5 Å². The van der Waals surface area contributed by atoms with Crippen molar-refractivity contribution < 1.29 is 27.4 Å². The molecule has 1 atom stereocenters. The molecule has 0 fully saturated rings. The predicted molar refractivity (Wildman–Crippen MR) is 70.9 cm³/mol. The van der Waals surface area contributed by atoms with Gasteiger partial charge >= 0.3 is 6.61 Å². The normalized spacial score (nSPS) is 13.5. The molecule has 0 amide bonds. The van der Waals surface area contributed by atoms with Crippen molar-refractivity contribution in [2.24, 2.45) is 0 Å². The van der Waals surface area contributed by atoms with Crippen LogP contribution >= 0.6 is 0 Å². The first-order valence-corrected chi connectivity index (χ1v) is 6.58. The Kier molecular flexibility index (Phi) is 6.91. The van der Waals surface area contributed by atoms with Crippen LogP contribution in [-0.2, 0) is 6.42 Å². The third-order valence-electron chi connectivity index (χ3n) is 2.96. The third-order valence-corrected chi connectivity index (χ3v) is 2.96. The summed E-state index contributed by atoms with van der Waals surface area (Å²) in [4.78, 5) is 0. The summed E-state index contributed by atoms with van der Waals surface area (Å²) in [7, 11) is 0. The molecule has 0 aliphatic rings. The molecule has 120 valence electrons. The molecule has 1 aromatic rings. The Balaban J connectivity index is 2.34. The predicted octanol–water partition coefficient (Wildman–Crippen LogP) is 2.83. The average molecular weight is 309 g/mol. The van der Waals surface area contributed by atoms with Crippen LogP contribution in [0.4, 0.5) is 17.6 Å². The molecule has 2 N–H and O–H groups in total. The number of hydrogen-bond acceptors (Lipinski definition) is 3. The number of aryl methyl sites for hydroxylation is 1. The van der Waals surface area contributed by atoms with Crippen LogP contribution in [0.25, 0.3) is 0 Å². The molecule has 0 aliphatic carbocycles. The van der Waals surface area contributed by atoms with Crippen molar-refractivity contribution >= 4 is 0 Å². The monoisotopic (exact) mass is 309 g/mol. The average Bonchev–Trinajstić information content (AvgIpc) is 2.44. The van der Waals surface area contributed by atoms with Crippen LogP contribution in [0.15, 0.2) is 24.3 Å². The quantitative estimate of drug-likeness (QED) is 0.689. The minimum Gasteiger partial charge on any atom is -0.435 e. The largest absolute Gasteiger partial charge is 0.435 e.